The summed E-state index contributed by atoms with van der Waals surface area (Å²) in [6.45, 7) is 3.81. The van der Waals surface area contributed by atoms with E-state index in [1.807, 2.05) is 30.4 Å². The number of carbonyl (C=O) groups excluding carboxylic acids is 2. The Hall–Kier alpha value is -4.04. The van der Waals surface area contributed by atoms with E-state index in [-0.39, 0.29) is 29.8 Å². The van der Waals surface area contributed by atoms with Gasteiger partial charge in [0, 0.05) is 60.2 Å². The van der Waals surface area contributed by atoms with Crippen molar-refractivity contribution < 1.29 is 18.7 Å². The lowest BCUT2D eigenvalue weighted by Crippen LogP contribution is -2.31. The number of anilines is 1. The van der Waals surface area contributed by atoms with E-state index >= 15 is 0 Å². The Morgan fingerprint density at radius 2 is 2.00 bits per heavy atom. The van der Waals surface area contributed by atoms with E-state index in [1.54, 1.807) is 18.2 Å². The van der Waals surface area contributed by atoms with Crippen LogP contribution in [0.2, 0.25) is 5.02 Å². The normalized spacial score (nSPS) is 16.7. The summed E-state index contributed by atoms with van der Waals surface area (Å²) in [5.41, 5.74) is 9.37. The van der Waals surface area contributed by atoms with Crippen LogP contribution in [0.3, 0.4) is 0 Å². The molecular formula is C27H28ClFN4O3. The zero-order valence-corrected chi connectivity index (χ0v) is 20.4. The van der Waals surface area contributed by atoms with Crippen LogP contribution in [0.4, 0.5) is 10.1 Å². The van der Waals surface area contributed by atoms with Crippen molar-refractivity contribution in [3.63, 3.8) is 0 Å². The van der Waals surface area contributed by atoms with Gasteiger partial charge in [0.25, 0.3) is 11.8 Å². The number of rotatable bonds is 10. The van der Waals surface area contributed by atoms with Crippen LogP contribution in [0.15, 0.2) is 90.4 Å². The molecule has 0 spiro atoms. The second-order valence-corrected chi connectivity index (χ2v) is 8.44. The maximum atomic E-state index is 13.4. The van der Waals surface area contributed by atoms with Crippen LogP contribution in [-0.2, 0) is 4.79 Å². The Morgan fingerprint density at radius 1 is 1.17 bits per heavy atom. The number of ether oxygens (including phenoxy) is 1. The van der Waals surface area contributed by atoms with Crippen molar-refractivity contribution in [1.29, 1.82) is 0 Å². The monoisotopic (exact) mass is 510 g/mol. The van der Waals surface area contributed by atoms with Crippen LogP contribution in [0.25, 0.3) is 0 Å². The molecule has 0 fully saturated rings. The van der Waals surface area contributed by atoms with Crippen molar-refractivity contribution in [3.05, 3.63) is 107 Å². The van der Waals surface area contributed by atoms with Gasteiger partial charge in [-0.25, -0.2) is 4.39 Å². The molecule has 2 aromatic carbocycles. The summed E-state index contributed by atoms with van der Waals surface area (Å²) in [7, 11) is 0. The molecule has 188 valence electrons. The molecule has 0 bridgehead atoms. The maximum absolute atomic E-state index is 13.4. The topological polar surface area (TPSA) is 105 Å². The van der Waals surface area contributed by atoms with Gasteiger partial charge in [0.05, 0.1) is 5.02 Å². The Kier molecular flexibility index (Phi) is 9.71. The molecule has 9 heteroatoms. The highest BCUT2D eigenvalue weighted by molar-refractivity contribution is 6.30. The average Bonchev–Trinajstić information content (AvgIpc) is 2.84. The number of hydrogen-bond acceptors (Lipinski definition) is 5. The van der Waals surface area contributed by atoms with E-state index in [2.05, 4.69) is 22.5 Å². The van der Waals surface area contributed by atoms with Gasteiger partial charge in [0.15, 0.2) is 6.61 Å². The van der Waals surface area contributed by atoms with Crippen LogP contribution < -0.4 is 26.4 Å². The third-order valence-corrected chi connectivity index (χ3v) is 5.41. The van der Waals surface area contributed by atoms with Crippen molar-refractivity contribution in [1.82, 2.24) is 10.6 Å². The highest BCUT2D eigenvalue weighted by atomic mass is 35.5. The Bertz CT molecular complexity index is 1220. The molecule has 0 saturated heterocycles. The van der Waals surface area contributed by atoms with Gasteiger partial charge < -0.3 is 26.4 Å². The number of allylic oxidation sites excluding steroid dienone is 4. The fourth-order valence-electron chi connectivity index (χ4n) is 3.21. The van der Waals surface area contributed by atoms with Crippen molar-refractivity contribution >= 4 is 29.1 Å². The molecule has 0 unspecified atom stereocenters. The summed E-state index contributed by atoms with van der Waals surface area (Å²) in [6, 6.07) is 11.0. The summed E-state index contributed by atoms with van der Waals surface area (Å²) in [4.78, 5) is 24.6. The minimum absolute atomic E-state index is 0.0248. The number of amides is 2. The van der Waals surface area contributed by atoms with Crippen LogP contribution in [0.1, 0.15) is 29.6 Å². The number of carbonyl (C=O) groups is 2. The van der Waals surface area contributed by atoms with Crippen molar-refractivity contribution in [3.8, 4) is 5.75 Å². The molecule has 2 aromatic rings. The minimum atomic E-state index is -0.626. The summed E-state index contributed by atoms with van der Waals surface area (Å²) >= 11 is 5.62. The molecule has 5 N–H and O–H groups in total. The number of nitrogens with two attached hydrogens (primary N) is 1. The van der Waals surface area contributed by atoms with Gasteiger partial charge in [-0.15, -0.1) is 0 Å². The lowest BCUT2D eigenvalue weighted by Gasteiger charge is -2.13. The first kappa shape index (κ1) is 26.6. The fraction of sp³-hybridized carbons (Fsp3) is 0.185. The molecule has 36 heavy (non-hydrogen) atoms. The van der Waals surface area contributed by atoms with Crippen LogP contribution in [0, 0.1) is 5.82 Å². The predicted molar refractivity (Wildman–Crippen MR) is 140 cm³/mol. The Morgan fingerprint density at radius 3 is 2.81 bits per heavy atom. The molecule has 0 heterocycles. The number of benzene rings is 2. The molecule has 0 saturated carbocycles. The van der Waals surface area contributed by atoms with Gasteiger partial charge in [-0.1, -0.05) is 42.5 Å². The summed E-state index contributed by atoms with van der Waals surface area (Å²) < 4.78 is 18.7. The highest BCUT2D eigenvalue weighted by Gasteiger charge is 2.10. The molecule has 0 atom stereocenters. The number of nitrogens with one attached hydrogen (secondary N) is 3. The molecule has 1 aliphatic rings. The first-order valence-electron chi connectivity index (χ1n) is 11.3. The first-order valence-corrected chi connectivity index (χ1v) is 11.7. The summed E-state index contributed by atoms with van der Waals surface area (Å²) in [5, 5.41) is 8.69. The van der Waals surface area contributed by atoms with E-state index in [0.29, 0.717) is 24.1 Å². The average molecular weight is 511 g/mol. The molecular weight excluding hydrogens is 483 g/mol. The maximum Gasteiger partial charge on any atom is 0.257 e. The van der Waals surface area contributed by atoms with Crippen LogP contribution in [0.5, 0.6) is 5.75 Å². The predicted octanol–water partition coefficient (Wildman–Crippen LogP) is 4.80. The summed E-state index contributed by atoms with van der Waals surface area (Å²) in [5.74, 6) is -1.13. The standard InChI is InChI=1S/C27H28ClFN4O3/c1-18(13-14-31-26(34)17-36-23-11-12-24(28)25(29)16-23)32-27(35)19-5-4-8-22(15-19)33-21-7-3-2-6-20(30)9-10-21/h2-5,7-9,11-12,15-16,33H,1,6,10,13-14,17,30H2,(H,31,34)(H,32,35)/b3-2-,20-9-,21-7+. The van der Waals surface area contributed by atoms with Gasteiger partial charge in [-0.3, -0.25) is 9.59 Å². The smallest absolute Gasteiger partial charge is 0.257 e. The van der Waals surface area contributed by atoms with Crippen LogP contribution >= 0.6 is 11.6 Å². The van der Waals surface area contributed by atoms with Gasteiger partial charge in [-0.05, 0) is 36.4 Å². The first-order chi connectivity index (χ1) is 17.3. The lowest BCUT2D eigenvalue weighted by molar-refractivity contribution is -0.123. The number of halogens is 2. The van der Waals surface area contributed by atoms with Crippen LogP contribution in [-0.4, -0.2) is 25.0 Å². The van der Waals surface area contributed by atoms with Crippen molar-refractivity contribution in [2.24, 2.45) is 5.73 Å². The Labute approximate surface area is 214 Å². The molecule has 0 aromatic heterocycles. The fourth-order valence-corrected chi connectivity index (χ4v) is 3.33. The van der Waals surface area contributed by atoms with E-state index in [9.17, 15) is 14.0 Å². The zero-order chi connectivity index (χ0) is 25.9. The second-order valence-electron chi connectivity index (χ2n) is 8.04. The highest BCUT2D eigenvalue weighted by Crippen LogP contribution is 2.20. The molecule has 7 nitrogen and oxygen atoms in total. The van der Waals surface area contributed by atoms with Crippen molar-refractivity contribution in [2.75, 3.05) is 18.5 Å². The largest absolute Gasteiger partial charge is 0.484 e. The third kappa shape index (κ3) is 8.63. The zero-order valence-electron chi connectivity index (χ0n) is 19.7. The van der Waals surface area contributed by atoms with E-state index in [4.69, 9.17) is 22.1 Å². The van der Waals surface area contributed by atoms with Gasteiger partial charge >= 0.3 is 0 Å². The van der Waals surface area contributed by atoms with E-state index in [0.717, 1.165) is 29.6 Å². The lowest BCUT2D eigenvalue weighted by atomic mass is 10.1. The SMILES string of the molecule is C=C(CCNC(=O)COc1ccc(Cl)c(F)c1)NC(=O)c1cccc(N/C2=C/C=C\C/C(N)=C/C2)c1. The molecule has 2 amide bonds. The molecule has 1 aliphatic carbocycles. The molecule has 3 rings (SSSR count). The van der Waals surface area contributed by atoms with E-state index < -0.39 is 11.7 Å². The minimum Gasteiger partial charge on any atom is -0.484 e. The van der Waals surface area contributed by atoms with Gasteiger partial charge in [-0.2, -0.15) is 0 Å². The van der Waals surface area contributed by atoms with Gasteiger partial charge in [0.1, 0.15) is 11.6 Å². The summed E-state index contributed by atoms with van der Waals surface area (Å²) in [6.07, 6.45) is 9.60. The van der Waals surface area contributed by atoms with Crippen molar-refractivity contribution in [2.45, 2.75) is 19.3 Å². The second kappa shape index (κ2) is 13.2. The number of hydrogen-bond donors (Lipinski definition) is 4. The Balaban J connectivity index is 1.42. The van der Waals surface area contributed by atoms with E-state index in [1.165, 1.54) is 12.1 Å². The van der Waals surface area contributed by atoms with Gasteiger partial charge in [0.2, 0.25) is 0 Å². The molecule has 0 radical (unpaired) electrons. The molecule has 0 aliphatic heterocycles. The quantitative estimate of drug-likeness (QED) is 0.367. The third-order valence-electron chi connectivity index (χ3n) is 5.10.